The Morgan fingerprint density at radius 3 is 3.20 bits per heavy atom. The average molecular weight is 268 g/mol. The number of rotatable bonds is 2. The van der Waals surface area contributed by atoms with Crippen LogP contribution in [0, 0.1) is 5.92 Å². The van der Waals surface area contributed by atoms with Crippen molar-refractivity contribution in [2.75, 3.05) is 29.9 Å². The van der Waals surface area contributed by atoms with Gasteiger partial charge in [0.25, 0.3) is 0 Å². The first-order chi connectivity index (χ1) is 7.33. The molecule has 2 aliphatic rings. The summed E-state index contributed by atoms with van der Waals surface area (Å²) in [5.74, 6) is 2.04. The minimum atomic E-state index is 0.918. The Morgan fingerprint density at radius 1 is 1.53 bits per heavy atom. The molecule has 1 aromatic heterocycles. The Bertz CT molecular complexity index is 376. The molecular formula is C11H14BrN3. The molecular weight excluding hydrogens is 254 g/mol. The number of fused-ring (bicyclic) bond motifs is 1. The first-order valence-corrected chi connectivity index (χ1v) is 6.26. The molecule has 0 saturated heterocycles. The van der Waals surface area contributed by atoms with Gasteiger partial charge in [-0.2, -0.15) is 0 Å². The summed E-state index contributed by atoms with van der Waals surface area (Å²) in [5, 5.41) is 3.39. The Hall–Kier alpha value is -0.770. The Balaban J connectivity index is 1.87. The standard InChI is InChI=1S/C11H14BrN3/c12-9-5-10-11(14-6-9)15(4-3-13-10)7-8-1-2-8/h5-6,8,13H,1-4,7H2. The van der Waals surface area contributed by atoms with E-state index in [1.807, 2.05) is 6.20 Å². The fraction of sp³-hybridized carbons (Fsp3) is 0.545. The zero-order valence-electron chi connectivity index (χ0n) is 8.54. The van der Waals surface area contributed by atoms with E-state index < -0.39 is 0 Å². The van der Waals surface area contributed by atoms with Gasteiger partial charge in [-0.3, -0.25) is 0 Å². The lowest BCUT2D eigenvalue weighted by Crippen LogP contribution is -2.36. The highest BCUT2D eigenvalue weighted by Gasteiger charge is 2.27. The van der Waals surface area contributed by atoms with E-state index in [2.05, 4.69) is 37.2 Å². The molecule has 0 aromatic carbocycles. The smallest absolute Gasteiger partial charge is 0.152 e. The van der Waals surface area contributed by atoms with Crippen LogP contribution in [0.25, 0.3) is 0 Å². The molecule has 2 heterocycles. The highest BCUT2D eigenvalue weighted by Crippen LogP contribution is 2.34. The highest BCUT2D eigenvalue weighted by atomic mass is 79.9. The number of pyridine rings is 1. The second-order valence-electron chi connectivity index (χ2n) is 4.34. The summed E-state index contributed by atoms with van der Waals surface area (Å²) in [6, 6.07) is 2.11. The second kappa shape index (κ2) is 3.67. The van der Waals surface area contributed by atoms with E-state index in [1.54, 1.807) is 0 Å². The van der Waals surface area contributed by atoms with Gasteiger partial charge in [0.2, 0.25) is 0 Å². The van der Waals surface area contributed by atoms with Gasteiger partial charge in [-0.05, 0) is 40.8 Å². The first-order valence-electron chi connectivity index (χ1n) is 5.47. The molecule has 4 heteroatoms. The van der Waals surface area contributed by atoms with Gasteiger partial charge in [0.15, 0.2) is 5.82 Å². The van der Waals surface area contributed by atoms with E-state index in [0.29, 0.717) is 0 Å². The number of aromatic nitrogens is 1. The summed E-state index contributed by atoms with van der Waals surface area (Å²) in [7, 11) is 0. The van der Waals surface area contributed by atoms with Crippen molar-refractivity contribution in [3.63, 3.8) is 0 Å². The number of nitrogens with one attached hydrogen (secondary N) is 1. The van der Waals surface area contributed by atoms with Gasteiger partial charge >= 0.3 is 0 Å². The van der Waals surface area contributed by atoms with Crippen LogP contribution >= 0.6 is 15.9 Å². The molecule has 1 aromatic rings. The SMILES string of the molecule is Brc1cnc2c(c1)NCCN2CC1CC1. The van der Waals surface area contributed by atoms with Crippen molar-refractivity contribution in [3.05, 3.63) is 16.7 Å². The van der Waals surface area contributed by atoms with Crippen molar-refractivity contribution in [1.29, 1.82) is 0 Å². The van der Waals surface area contributed by atoms with Crippen LogP contribution in [0.1, 0.15) is 12.8 Å². The second-order valence-corrected chi connectivity index (χ2v) is 5.26. The minimum absolute atomic E-state index is 0.918. The lowest BCUT2D eigenvalue weighted by atomic mass is 10.2. The normalized spacial score (nSPS) is 19.7. The summed E-state index contributed by atoms with van der Waals surface area (Å²) in [6.07, 6.45) is 4.68. The Kier molecular flexibility index (Phi) is 2.31. The highest BCUT2D eigenvalue weighted by molar-refractivity contribution is 9.10. The van der Waals surface area contributed by atoms with Crippen molar-refractivity contribution in [1.82, 2.24) is 4.98 Å². The Morgan fingerprint density at radius 2 is 2.40 bits per heavy atom. The van der Waals surface area contributed by atoms with E-state index in [9.17, 15) is 0 Å². The van der Waals surface area contributed by atoms with Crippen LogP contribution < -0.4 is 10.2 Å². The van der Waals surface area contributed by atoms with Gasteiger partial charge < -0.3 is 10.2 Å². The van der Waals surface area contributed by atoms with Gasteiger partial charge in [-0.15, -0.1) is 0 Å². The molecule has 0 atom stereocenters. The van der Waals surface area contributed by atoms with Crippen LogP contribution in [0.15, 0.2) is 16.7 Å². The summed E-state index contributed by atoms with van der Waals surface area (Å²) in [5.41, 5.74) is 1.16. The van der Waals surface area contributed by atoms with Gasteiger partial charge in [-0.25, -0.2) is 4.98 Å². The summed E-state index contributed by atoms with van der Waals surface area (Å²) >= 11 is 3.45. The zero-order chi connectivity index (χ0) is 10.3. The molecule has 1 N–H and O–H groups in total. The number of nitrogens with zero attached hydrogens (tertiary/aromatic N) is 2. The molecule has 3 rings (SSSR count). The van der Waals surface area contributed by atoms with Crippen molar-refractivity contribution in [2.24, 2.45) is 5.92 Å². The van der Waals surface area contributed by atoms with Crippen LogP contribution in [-0.2, 0) is 0 Å². The molecule has 1 fully saturated rings. The molecule has 15 heavy (non-hydrogen) atoms. The molecule has 80 valence electrons. The molecule has 1 aliphatic carbocycles. The number of hydrogen-bond donors (Lipinski definition) is 1. The molecule has 0 unspecified atom stereocenters. The third kappa shape index (κ3) is 1.95. The molecule has 0 radical (unpaired) electrons. The minimum Gasteiger partial charge on any atom is -0.380 e. The average Bonchev–Trinajstić information content (AvgIpc) is 3.01. The Labute approximate surface area is 98.0 Å². The molecule has 0 spiro atoms. The third-order valence-corrected chi connectivity index (χ3v) is 3.44. The van der Waals surface area contributed by atoms with Crippen LogP contribution in [0.5, 0.6) is 0 Å². The van der Waals surface area contributed by atoms with E-state index in [1.165, 1.54) is 19.4 Å². The monoisotopic (exact) mass is 267 g/mol. The predicted octanol–water partition coefficient (Wildman–Crippen LogP) is 2.49. The topological polar surface area (TPSA) is 28.2 Å². The van der Waals surface area contributed by atoms with Crippen molar-refractivity contribution in [3.8, 4) is 0 Å². The maximum Gasteiger partial charge on any atom is 0.152 e. The third-order valence-electron chi connectivity index (χ3n) is 3.01. The summed E-state index contributed by atoms with van der Waals surface area (Å²) in [4.78, 5) is 6.91. The van der Waals surface area contributed by atoms with E-state index >= 15 is 0 Å². The zero-order valence-corrected chi connectivity index (χ0v) is 10.1. The van der Waals surface area contributed by atoms with Crippen LogP contribution in [0.3, 0.4) is 0 Å². The quantitative estimate of drug-likeness (QED) is 0.893. The van der Waals surface area contributed by atoms with Gasteiger partial charge in [0.05, 0.1) is 5.69 Å². The maximum atomic E-state index is 4.50. The molecule has 0 amide bonds. The van der Waals surface area contributed by atoms with Crippen LogP contribution in [0.4, 0.5) is 11.5 Å². The lowest BCUT2D eigenvalue weighted by Gasteiger charge is -2.30. The maximum absolute atomic E-state index is 4.50. The van der Waals surface area contributed by atoms with E-state index in [0.717, 1.165) is 35.0 Å². The number of halogens is 1. The van der Waals surface area contributed by atoms with Crippen molar-refractivity contribution >= 4 is 27.4 Å². The molecule has 1 aliphatic heterocycles. The van der Waals surface area contributed by atoms with Crippen LogP contribution in [0.2, 0.25) is 0 Å². The number of anilines is 2. The fourth-order valence-electron chi connectivity index (χ4n) is 2.04. The predicted molar refractivity (Wildman–Crippen MR) is 65.4 cm³/mol. The summed E-state index contributed by atoms with van der Waals surface area (Å²) in [6.45, 7) is 3.29. The van der Waals surface area contributed by atoms with Gasteiger partial charge in [0.1, 0.15) is 0 Å². The fourth-order valence-corrected chi connectivity index (χ4v) is 2.37. The largest absolute Gasteiger partial charge is 0.380 e. The van der Waals surface area contributed by atoms with Crippen molar-refractivity contribution < 1.29 is 0 Å². The van der Waals surface area contributed by atoms with Crippen LogP contribution in [-0.4, -0.2) is 24.6 Å². The number of hydrogen-bond acceptors (Lipinski definition) is 3. The lowest BCUT2D eigenvalue weighted by molar-refractivity contribution is 0.708. The van der Waals surface area contributed by atoms with Crippen molar-refractivity contribution in [2.45, 2.75) is 12.8 Å². The van der Waals surface area contributed by atoms with Gasteiger partial charge in [-0.1, -0.05) is 0 Å². The first kappa shape index (κ1) is 9.46. The molecule has 0 bridgehead atoms. The molecule has 1 saturated carbocycles. The van der Waals surface area contributed by atoms with E-state index in [4.69, 9.17) is 0 Å². The van der Waals surface area contributed by atoms with E-state index in [-0.39, 0.29) is 0 Å². The van der Waals surface area contributed by atoms with Gasteiger partial charge in [0, 0.05) is 30.3 Å². The summed E-state index contributed by atoms with van der Waals surface area (Å²) < 4.78 is 1.04. The molecule has 3 nitrogen and oxygen atoms in total.